The molecule has 1 aliphatic heterocycles. The van der Waals surface area contributed by atoms with Crippen molar-refractivity contribution in [2.24, 2.45) is 0 Å². The lowest BCUT2D eigenvalue weighted by Crippen LogP contribution is -2.32. The Hall–Kier alpha value is -1.53. The molecule has 1 aromatic carbocycles. The van der Waals surface area contributed by atoms with Gasteiger partial charge in [-0.15, -0.1) is 0 Å². The van der Waals surface area contributed by atoms with Gasteiger partial charge in [-0.1, -0.05) is 6.08 Å². The number of benzene rings is 1. The molecule has 0 bridgehead atoms. The van der Waals surface area contributed by atoms with Gasteiger partial charge in [-0.3, -0.25) is 0 Å². The third-order valence-electron chi connectivity index (χ3n) is 3.10. The van der Waals surface area contributed by atoms with Crippen molar-refractivity contribution in [1.82, 2.24) is 5.32 Å². The molecule has 1 heterocycles. The lowest BCUT2D eigenvalue weighted by atomic mass is 10.1. The first-order valence-corrected chi connectivity index (χ1v) is 7.67. The topological polar surface area (TPSA) is 75.6 Å². The molecule has 2 rings (SSSR count). The van der Waals surface area contributed by atoms with Gasteiger partial charge in [0.05, 0.1) is 12.9 Å². The fourth-order valence-corrected chi connectivity index (χ4v) is 3.34. The predicted octanol–water partition coefficient (Wildman–Crippen LogP) is 1.36. The molecule has 2 unspecified atom stereocenters. The van der Waals surface area contributed by atoms with Crippen molar-refractivity contribution >= 4 is 9.84 Å². The Morgan fingerprint density at radius 2 is 2.21 bits per heavy atom. The van der Waals surface area contributed by atoms with Crippen LogP contribution < -0.4 is 10.1 Å². The highest BCUT2D eigenvalue weighted by Crippen LogP contribution is 2.29. The average molecular weight is 283 g/mol. The third kappa shape index (κ3) is 3.27. The van der Waals surface area contributed by atoms with E-state index in [1.54, 1.807) is 31.4 Å². The van der Waals surface area contributed by atoms with Crippen molar-refractivity contribution < 1.29 is 18.3 Å². The largest absolute Gasteiger partial charge is 0.508 e. The zero-order chi connectivity index (χ0) is 14.0. The molecular weight excluding hydrogens is 266 g/mol. The standard InChI is InChI=1S/C13H17NO4S/c1-9(14-10-5-6-19(16,17)8-10)12-7-11(18-2)3-4-13(12)15/h3-7,9-10,14-15H,8H2,1-2H3. The molecule has 0 radical (unpaired) electrons. The van der Waals surface area contributed by atoms with Gasteiger partial charge in [-0.25, -0.2) is 8.42 Å². The summed E-state index contributed by atoms with van der Waals surface area (Å²) >= 11 is 0. The van der Waals surface area contributed by atoms with E-state index in [2.05, 4.69) is 5.32 Å². The minimum atomic E-state index is -3.08. The minimum absolute atomic E-state index is 0.0576. The van der Waals surface area contributed by atoms with Crippen LogP contribution in [0.1, 0.15) is 18.5 Å². The van der Waals surface area contributed by atoms with Crippen LogP contribution in [0, 0.1) is 0 Å². The predicted molar refractivity (Wildman–Crippen MR) is 72.9 cm³/mol. The first-order chi connectivity index (χ1) is 8.91. The quantitative estimate of drug-likeness (QED) is 0.872. The number of phenolic OH excluding ortho intramolecular Hbond substituents is 1. The molecule has 0 saturated carbocycles. The molecule has 6 heteroatoms. The summed E-state index contributed by atoms with van der Waals surface area (Å²) in [6, 6.07) is 4.56. The number of methoxy groups -OCH3 is 1. The van der Waals surface area contributed by atoms with E-state index in [1.807, 2.05) is 6.92 Å². The van der Waals surface area contributed by atoms with E-state index in [9.17, 15) is 13.5 Å². The summed E-state index contributed by atoms with van der Waals surface area (Å²) in [6.07, 6.45) is 1.63. The molecule has 104 valence electrons. The molecule has 2 N–H and O–H groups in total. The van der Waals surface area contributed by atoms with Crippen LogP contribution in [0.25, 0.3) is 0 Å². The number of aromatic hydroxyl groups is 1. The summed E-state index contributed by atoms with van der Waals surface area (Å²) in [5, 5.41) is 14.2. The van der Waals surface area contributed by atoms with Gasteiger partial charge in [-0.05, 0) is 25.1 Å². The lowest BCUT2D eigenvalue weighted by molar-refractivity contribution is 0.407. The number of ether oxygens (including phenoxy) is 1. The molecule has 0 aliphatic carbocycles. The molecule has 1 aliphatic rings. The molecule has 0 amide bonds. The van der Waals surface area contributed by atoms with E-state index in [0.29, 0.717) is 11.3 Å². The van der Waals surface area contributed by atoms with E-state index in [1.165, 1.54) is 5.41 Å². The molecule has 0 saturated heterocycles. The summed E-state index contributed by atoms with van der Waals surface area (Å²) < 4.78 is 27.8. The van der Waals surface area contributed by atoms with Gasteiger partial charge in [0.2, 0.25) is 0 Å². The van der Waals surface area contributed by atoms with Crippen LogP contribution >= 0.6 is 0 Å². The van der Waals surface area contributed by atoms with Crippen LogP contribution in [0.4, 0.5) is 0 Å². The second kappa shape index (κ2) is 5.22. The van der Waals surface area contributed by atoms with Crippen LogP contribution in [0.15, 0.2) is 29.7 Å². The Morgan fingerprint density at radius 3 is 2.79 bits per heavy atom. The Morgan fingerprint density at radius 1 is 1.47 bits per heavy atom. The maximum Gasteiger partial charge on any atom is 0.173 e. The zero-order valence-electron chi connectivity index (χ0n) is 10.8. The van der Waals surface area contributed by atoms with Crippen LogP contribution in [-0.4, -0.2) is 32.4 Å². The summed E-state index contributed by atoms with van der Waals surface area (Å²) in [5.41, 5.74) is 0.678. The highest BCUT2D eigenvalue weighted by atomic mass is 32.2. The molecular formula is C13H17NO4S. The van der Waals surface area contributed by atoms with Crippen molar-refractivity contribution in [1.29, 1.82) is 0 Å². The summed E-state index contributed by atoms with van der Waals surface area (Å²) in [6.45, 7) is 1.87. The van der Waals surface area contributed by atoms with Crippen molar-refractivity contribution in [3.8, 4) is 11.5 Å². The van der Waals surface area contributed by atoms with Crippen LogP contribution in [0.2, 0.25) is 0 Å². The van der Waals surface area contributed by atoms with Crippen LogP contribution in [0.3, 0.4) is 0 Å². The average Bonchev–Trinajstić information content (AvgIpc) is 2.69. The second-order valence-corrected chi connectivity index (χ2v) is 6.51. The van der Waals surface area contributed by atoms with E-state index in [4.69, 9.17) is 4.74 Å². The Bertz CT molecular complexity index is 595. The summed E-state index contributed by atoms with van der Waals surface area (Å²) in [5.74, 6) is 0.865. The van der Waals surface area contributed by atoms with Gasteiger partial charge < -0.3 is 15.2 Å². The number of hydrogen-bond acceptors (Lipinski definition) is 5. The van der Waals surface area contributed by atoms with Gasteiger partial charge >= 0.3 is 0 Å². The summed E-state index contributed by atoms with van der Waals surface area (Å²) in [7, 11) is -1.52. The molecule has 2 atom stereocenters. The molecule has 0 spiro atoms. The monoisotopic (exact) mass is 283 g/mol. The fraction of sp³-hybridized carbons (Fsp3) is 0.385. The Kier molecular flexibility index (Phi) is 3.82. The maximum absolute atomic E-state index is 11.3. The van der Waals surface area contributed by atoms with Gasteiger partial charge in [0.15, 0.2) is 9.84 Å². The van der Waals surface area contributed by atoms with Crippen molar-refractivity contribution in [2.45, 2.75) is 19.0 Å². The van der Waals surface area contributed by atoms with E-state index >= 15 is 0 Å². The molecule has 5 nitrogen and oxygen atoms in total. The first kappa shape index (κ1) is 13.9. The minimum Gasteiger partial charge on any atom is -0.508 e. The van der Waals surface area contributed by atoms with Crippen molar-refractivity contribution in [3.05, 3.63) is 35.2 Å². The number of nitrogens with one attached hydrogen (secondary N) is 1. The highest BCUT2D eigenvalue weighted by molar-refractivity contribution is 7.94. The number of rotatable bonds is 4. The van der Waals surface area contributed by atoms with Crippen LogP contribution in [-0.2, 0) is 9.84 Å². The SMILES string of the molecule is COc1ccc(O)c(C(C)NC2C=CS(=O)(=O)C2)c1. The van der Waals surface area contributed by atoms with E-state index in [-0.39, 0.29) is 23.6 Å². The normalized spacial score (nSPS) is 22.3. The molecule has 1 aromatic rings. The van der Waals surface area contributed by atoms with Crippen molar-refractivity contribution in [3.63, 3.8) is 0 Å². The third-order valence-corrected chi connectivity index (χ3v) is 4.49. The maximum atomic E-state index is 11.3. The Balaban J connectivity index is 2.12. The van der Waals surface area contributed by atoms with Gasteiger partial charge in [0, 0.05) is 23.1 Å². The lowest BCUT2D eigenvalue weighted by Gasteiger charge is -2.19. The van der Waals surface area contributed by atoms with Gasteiger partial charge in [-0.2, -0.15) is 0 Å². The second-order valence-electron chi connectivity index (χ2n) is 4.58. The van der Waals surface area contributed by atoms with Gasteiger partial charge in [0.1, 0.15) is 11.5 Å². The number of hydrogen-bond donors (Lipinski definition) is 2. The summed E-state index contributed by atoms with van der Waals surface area (Å²) in [4.78, 5) is 0. The fourth-order valence-electron chi connectivity index (χ4n) is 2.10. The molecule has 0 aromatic heterocycles. The molecule has 0 fully saturated rings. The highest BCUT2D eigenvalue weighted by Gasteiger charge is 2.24. The number of phenols is 1. The van der Waals surface area contributed by atoms with Crippen molar-refractivity contribution in [2.75, 3.05) is 12.9 Å². The zero-order valence-corrected chi connectivity index (χ0v) is 11.6. The number of sulfone groups is 1. The Labute approximate surface area is 112 Å². The smallest absolute Gasteiger partial charge is 0.173 e. The first-order valence-electron chi connectivity index (χ1n) is 5.95. The van der Waals surface area contributed by atoms with E-state index < -0.39 is 9.84 Å². The van der Waals surface area contributed by atoms with Gasteiger partial charge in [0.25, 0.3) is 0 Å². The molecule has 19 heavy (non-hydrogen) atoms. The van der Waals surface area contributed by atoms with E-state index in [0.717, 1.165) is 0 Å². The van der Waals surface area contributed by atoms with Crippen LogP contribution in [0.5, 0.6) is 11.5 Å².